The molecule has 1 fully saturated rings. The molecule has 1 unspecified atom stereocenters. The third kappa shape index (κ3) is 4.77. The number of rotatable bonds is 4. The molecule has 0 N–H and O–H groups in total. The number of halogens is 10. The van der Waals surface area contributed by atoms with Crippen LogP contribution in [0, 0.1) is 11.6 Å². The molecule has 2 aromatic carbocycles. The minimum absolute atomic E-state index is 0.110. The van der Waals surface area contributed by atoms with Crippen LogP contribution in [0.4, 0.5) is 43.9 Å². The molecule has 1 aliphatic rings. The Hall–Kier alpha value is -4.21. The van der Waals surface area contributed by atoms with Crippen LogP contribution in [-0.4, -0.2) is 36.9 Å². The van der Waals surface area contributed by atoms with Crippen LogP contribution in [0.15, 0.2) is 48.9 Å². The number of nitrogens with zero attached hydrogens (tertiary/aromatic N) is 5. The smallest absolute Gasteiger partial charge is 0.356 e. The van der Waals surface area contributed by atoms with Crippen LogP contribution >= 0.6 is 0 Å². The molecule has 0 amide bonds. The van der Waals surface area contributed by atoms with Gasteiger partial charge in [0.2, 0.25) is 0 Å². The zero-order chi connectivity index (χ0) is 30.9. The van der Waals surface area contributed by atoms with Gasteiger partial charge in [-0.1, -0.05) is 0 Å². The second kappa shape index (κ2) is 9.92. The Bertz CT molecular complexity index is 1850. The Morgan fingerprint density at radius 1 is 0.907 bits per heavy atom. The average molecular weight is 617 g/mol. The molecular weight excluding hydrogens is 600 g/mol. The highest BCUT2D eigenvalue weighted by Gasteiger charge is 2.60. The van der Waals surface area contributed by atoms with Gasteiger partial charge in [-0.25, -0.2) is 18.4 Å². The fourth-order valence-electron chi connectivity index (χ4n) is 5.05. The quantitative estimate of drug-likeness (QED) is 0.192. The topological polar surface area (TPSA) is 57.2 Å². The summed E-state index contributed by atoms with van der Waals surface area (Å²) in [6, 6.07) is 3.85. The van der Waals surface area contributed by atoms with Crippen LogP contribution in [0.5, 0.6) is 0 Å². The number of alkyl halides is 8. The fraction of sp³-hybridized carbons (Fsp3) is 0.296. The predicted octanol–water partition coefficient (Wildman–Crippen LogP) is 8.06. The summed E-state index contributed by atoms with van der Waals surface area (Å²) in [5.41, 5.74) is -5.88. The Balaban J connectivity index is 1.53. The fourth-order valence-corrected chi connectivity index (χ4v) is 5.05. The third-order valence-electron chi connectivity index (χ3n) is 7.13. The highest BCUT2D eigenvalue weighted by atomic mass is 19.4. The van der Waals surface area contributed by atoms with Gasteiger partial charge in [-0.2, -0.15) is 40.2 Å². The first-order chi connectivity index (χ1) is 20.2. The molecule has 16 heteroatoms. The maximum Gasteiger partial charge on any atom is 0.458 e. The normalized spacial score (nSPS) is 16.8. The summed E-state index contributed by atoms with van der Waals surface area (Å²) in [6.45, 7) is 0.461. The van der Waals surface area contributed by atoms with Crippen molar-refractivity contribution in [2.24, 2.45) is 0 Å². The van der Waals surface area contributed by atoms with Gasteiger partial charge in [0.25, 0.3) is 0 Å². The lowest BCUT2D eigenvalue weighted by Gasteiger charge is -2.23. The number of ether oxygens (including phenoxy) is 1. The standard InChI is InChI=1S/C27H17F10N5O/c28-17-6-4-13(9-16(17)25(30,31)27(35,36)37)18-12-41-20(11-38-18)40-24(26(32,33)34)23(41)14-5-7-19-15(22(14)29)10-39-42(19)21-3-1-2-8-43-21/h4-7,9-12,21H,1-3,8H2. The zero-order valence-electron chi connectivity index (χ0n) is 21.4. The van der Waals surface area contributed by atoms with Crippen LogP contribution in [0.25, 0.3) is 39.1 Å². The lowest BCUT2D eigenvalue weighted by molar-refractivity contribution is -0.290. The number of fused-ring (bicyclic) bond motifs is 2. The maximum absolute atomic E-state index is 15.9. The van der Waals surface area contributed by atoms with E-state index in [4.69, 9.17) is 4.74 Å². The van der Waals surface area contributed by atoms with E-state index in [1.165, 1.54) is 10.7 Å². The molecule has 0 spiro atoms. The van der Waals surface area contributed by atoms with Crippen molar-refractivity contribution >= 4 is 16.6 Å². The summed E-state index contributed by atoms with van der Waals surface area (Å²) in [4.78, 5) is 7.37. The molecule has 6 rings (SSSR count). The largest absolute Gasteiger partial charge is 0.458 e. The molecule has 1 aliphatic heterocycles. The van der Waals surface area contributed by atoms with E-state index in [9.17, 15) is 39.5 Å². The van der Waals surface area contributed by atoms with E-state index in [0.29, 0.717) is 19.1 Å². The highest BCUT2D eigenvalue weighted by Crippen LogP contribution is 2.46. The third-order valence-corrected chi connectivity index (χ3v) is 7.13. The minimum atomic E-state index is -6.13. The van der Waals surface area contributed by atoms with Crippen molar-refractivity contribution in [3.63, 3.8) is 0 Å². The average Bonchev–Trinajstić information content (AvgIpc) is 3.56. The van der Waals surface area contributed by atoms with Crippen molar-refractivity contribution in [2.45, 2.75) is 43.8 Å². The highest BCUT2D eigenvalue weighted by molar-refractivity contribution is 5.86. The van der Waals surface area contributed by atoms with E-state index < -0.39 is 75.6 Å². The van der Waals surface area contributed by atoms with Gasteiger partial charge >= 0.3 is 18.3 Å². The van der Waals surface area contributed by atoms with Crippen molar-refractivity contribution in [3.8, 4) is 22.5 Å². The van der Waals surface area contributed by atoms with Gasteiger partial charge in [-0.3, -0.25) is 9.38 Å². The number of benzene rings is 2. The van der Waals surface area contributed by atoms with Gasteiger partial charge in [0.15, 0.2) is 17.6 Å². The molecule has 0 aliphatic carbocycles. The molecule has 43 heavy (non-hydrogen) atoms. The van der Waals surface area contributed by atoms with Crippen LogP contribution < -0.4 is 0 Å². The summed E-state index contributed by atoms with van der Waals surface area (Å²) >= 11 is 0. The number of hydrogen-bond acceptors (Lipinski definition) is 4. The first-order valence-corrected chi connectivity index (χ1v) is 12.7. The van der Waals surface area contributed by atoms with Crippen molar-refractivity contribution in [1.29, 1.82) is 0 Å². The maximum atomic E-state index is 15.9. The molecule has 226 valence electrons. The molecule has 3 aromatic heterocycles. The summed E-state index contributed by atoms with van der Waals surface area (Å²) in [5, 5.41) is 4.06. The predicted molar refractivity (Wildman–Crippen MR) is 131 cm³/mol. The molecule has 5 aromatic rings. The van der Waals surface area contributed by atoms with Gasteiger partial charge in [-0.15, -0.1) is 0 Å². The zero-order valence-corrected chi connectivity index (χ0v) is 21.4. The lowest BCUT2D eigenvalue weighted by Crippen LogP contribution is -2.34. The van der Waals surface area contributed by atoms with Crippen molar-refractivity contribution in [3.05, 3.63) is 71.8 Å². The van der Waals surface area contributed by atoms with Crippen molar-refractivity contribution < 1.29 is 48.6 Å². The van der Waals surface area contributed by atoms with E-state index in [0.717, 1.165) is 48.0 Å². The molecule has 6 nitrogen and oxygen atoms in total. The van der Waals surface area contributed by atoms with Gasteiger partial charge < -0.3 is 4.74 Å². The second-order valence-electron chi connectivity index (χ2n) is 9.84. The Morgan fingerprint density at radius 3 is 2.35 bits per heavy atom. The van der Waals surface area contributed by atoms with Crippen LogP contribution in [0.3, 0.4) is 0 Å². The minimum Gasteiger partial charge on any atom is -0.356 e. The second-order valence-corrected chi connectivity index (χ2v) is 9.84. The van der Waals surface area contributed by atoms with Crippen molar-refractivity contribution in [2.75, 3.05) is 6.61 Å². The first kappa shape index (κ1) is 28.9. The summed E-state index contributed by atoms with van der Waals surface area (Å²) in [7, 11) is 0. The summed E-state index contributed by atoms with van der Waals surface area (Å²) in [6.07, 6.45) is -6.63. The first-order valence-electron chi connectivity index (χ1n) is 12.7. The van der Waals surface area contributed by atoms with Gasteiger partial charge in [-0.05, 0) is 49.6 Å². The molecule has 0 radical (unpaired) electrons. The molecule has 1 saturated heterocycles. The SMILES string of the molecule is Fc1ccc(-c2cn3c(-c4ccc5c(cnn5C5CCCCO5)c4F)c(C(F)(F)F)nc3cn2)cc1C(F)(F)C(F)(F)F. The lowest BCUT2D eigenvalue weighted by atomic mass is 10.0. The Morgan fingerprint density at radius 2 is 1.67 bits per heavy atom. The Kier molecular flexibility index (Phi) is 6.67. The number of hydrogen-bond donors (Lipinski definition) is 0. The molecule has 1 atom stereocenters. The molecule has 0 saturated carbocycles. The van der Waals surface area contributed by atoms with Gasteiger partial charge in [0, 0.05) is 23.9 Å². The van der Waals surface area contributed by atoms with E-state index in [1.54, 1.807) is 0 Å². The van der Waals surface area contributed by atoms with Crippen molar-refractivity contribution in [1.82, 2.24) is 24.1 Å². The van der Waals surface area contributed by atoms with E-state index in [-0.39, 0.29) is 17.0 Å². The van der Waals surface area contributed by atoms with E-state index in [1.807, 2.05) is 0 Å². The monoisotopic (exact) mass is 617 g/mol. The van der Waals surface area contributed by atoms with Crippen LogP contribution in [0.2, 0.25) is 0 Å². The van der Waals surface area contributed by atoms with Crippen LogP contribution in [0.1, 0.15) is 36.7 Å². The molecule has 0 bridgehead atoms. The Labute approximate surface area is 234 Å². The van der Waals surface area contributed by atoms with Gasteiger partial charge in [0.1, 0.15) is 11.6 Å². The number of imidazole rings is 1. The summed E-state index contributed by atoms with van der Waals surface area (Å²) in [5.74, 6) is -8.50. The molecular formula is C27H17F10N5O. The van der Waals surface area contributed by atoms with Gasteiger partial charge in [0.05, 0.1) is 40.2 Å². The van der Waals surface area contributed by atoms with E-state index in [2.05, 4.69) is 15.1 Å². The molecule has 4 heterocycles. The number of aromatic nitrogens is 5. The summed E-state index contributed by atoms with van der Waals surface area (Å²) < 4.78 is 147. The van der Waals surface area contributed by atoms with Crippen LogP contribution in [-0.2, 0) is 16.8 Å². The van der Waals surface area contributed by atoms with E-state index >= 15 is 4.39 Å².